The Hall–Kier alpha value is -1.18. The molecule has 1 aromatic heterocycles. The largest absolute Gasteiger partial charge is 0.478 e. The van der Waals surface area contributed by atoms with Crippen molar-refractivity contribution < 1.29 is 18.3 Å². The van der Waals surface area contributed by atoms with Gasteiger partial charge in [0.05, 0.1) is 16.2 Å². The van der Waals surface area contributed by atoms with Crippen molar-refractivity contribution in [2.75, 3.05) is 0 Å². The average Bonchev–Trinajstić information content (AvgIpc) is 2.83. The second kappa shape index (κ2) is 5.67. The molecule has 0 aliphatic heterocycles. The first-order valence-corrected chi connectivity index (χ1v) is 8.92. The Balaban J connectivity index is 2.53. The van der Waals surface area contributed by atoms with E-state index in [1.165, 1.54) is 23.5 Å². The number of aromatic carboxylic acids is 1. The van der Waals surface area contributed by atoms with Crippen LogP contribution in [0.5, 0.6) is 0 Å². The fraction of sp³-hybridized carbons (Fsp3) is 0.154. The summed E-state index contributed by atoms with van der Waals surface area (Å²) in [6, 6.07) is 6.15. The van der Waals surface area contributed by atoms with Crippen LogP contribution in [0, 0.1) is 6.92 Å². The molecule has 0 saturated carbocycles. The van der Waals surface area contributed by atoms with Crippen molar-refractivity contribution in [2.24, 2.45) is 0 Å². The molecule has 2 rings (SSSR count). The SMILES string of the molecule is Cc1c(Br)cc(C(=O)O)cc1S(=O)(=O)Cc1cccs1. The number of benzene rings is 1. The van der Waals surface area contributed by atoms with Gasteiger partial charge in [-0.25, -0.2) is 13.2 Å². The third-order valence-electron chi connectivity index (χ3n) is 2.79. The quantitative estimate of drug-likeness (QED) is 0.888. The minimum Gasteiger partial charge on any atom is -0.478 e. The number of sulfone groups is 1. The van der Waals surface area contributed by atoms with Gasteiger partial charge < -0.3 is 5.11 Å². The van der Waals surface area contributed by atoms with Crippen molar-refractivity contribution in [2.45, 2.75) is 17.6 Å². The smallest absolute Gasteiger partial charge is 0.335 e. The molecule has 4 nitrogen and oxygen atoms in total. The number of thiophene rings is 1. The highest BCUT2D eigenvalue weighted by Crippen LogP contribution is 2.29. The number of rotatable bonds is 4. The van der Waals surface area contributed by atoms with Gasteiger partial charge in [-0.05, 0) is 36.1 Å². The second-order valence-corrected chi connectivity index (χ2v) is 8.07. The van der Waals surface area contributed by atoms with Crippen LogP contribution in [0.3, 0.4) is 0 Å². The van der Waals surface area contributed by atoms with Crippen molar-refractivity contribution in [1.82, 2.24) is 0 Å². The molecule has 106 valence electrons. The van der Waals surface area contributed by atoms with E-state index in [0.717, 1.165) is 4.88 Å². The Morgan fingerprint density at radius 1 is 1.40 bits per heavy atom. The molecule has 0 amide bonds. The molecule has 0 saturated heterocycles. The van der Waals surface area contributed by atoms with Gasteiger partial charge in [0.15, 0.2) is 9.84 Å². The summed E-state index contributed by atoms with van der Waals surface area (Å²) in [5.41, 5.74) is 0.471. The van der Waals surface area contributed by atoms with Crippen molar-refractivity contribution in [1.29, 1.82) is 0 Å². The summed E-state index contributed by atoms with van der Waals surface area (Å²) in [7, 11) is -3.58. The van der Waals surface area contributed by atoms with Crippen LogP contribution in [0.1, 0.15) is 20.8 Å². The fourth-order valence-electron chi connectivity index (χ4n) is 1.76. The van der Waals surface area contributed by atoms with Gasteiger partial charge in [0.2, 0.25) is 0 Å². The van der Waals surface area contributed by atoms with Gasteiger partial charge in [-0.3, -0.25) is 0 Å². The summed E-state index contributed by atoms with van der Waals surface area (Å²) >= 11 is 4.57. The molecule has 0 fully saturated rings. The molecule has 1 aromatic carbocycles. The molecular formula is C13H11BrO4S2. The predicted octanol–water partition coefficient (Wildman–Crippen LogP) is 3.49. The second-order valence-electron chi connectivity index (χ2n) is 4.22. The Labute approximate surface area is 129 Å². The van der Waals surface area contributed by atoms with Gasteiger partial charge in [-0.15, -0.1) is 11.3 Å². The predicted molar refractivity (Wildman–Crippen MR) is 81.0 cm³/mol. The van der Waals surface area contributed by atoms with Crippen molar-refractivity contribution in [3.05, 3.63) is 50.1 Å². The van der Waals surface area contributed by atoms with E-state index in [4.69, 9.17) is 5.11 Å². The van der Waals surface area contributed by atoms with Crippen molar-refractivity contribution >= 4 is 43.1 Å². The third-order valence-corrected chi connectivity index (χ3v) is 6.46. The minimum atomic E-state index is -3.58. The molecule has 0 radical (unpaired) electrons. The molecule has 0 unspecified atom stereocenters. The molecular weight excluding hydrogens is 364 g/mol. The number of carboxylic acid groups (broad SMARTS) is 1. The zero-order valence-electron chi connectivity index (χ0n) is 10.5. The maximum Gasteiger partial charge on any atom is 0.335 e. The highest BCUT2D eigenvalue weighted by molar-refractivity contribution is 9.10. The molecule has 0 aliphatic carbocycles. The number of halogens is 1. The van der Waals surface area contributed by atoms with Gasteiger partial charge in [0, 0.05) is 9.35 Å². The molecule has 20 heavy (non-hydrogen) atoms. The normalized spacial score (nSPS) is 11.5. The van der Waals surface area contributed by atoms with Gasteiger partial charge in [0.1, 0.15) is 0 Å². The zero-order chi connectivity index (χ0) is 14.9. The Morgan fingerprint density at radius 3 is 2.65 bits per heavy atom. The lowest BCUT2D eigenvalue weighted by molar-refractivity contribution is 0.0696. The fourth-order valence-corrected chi connectivity index (χ4v) is 5.09. The van der Waals surface area contributed by atoms with E-state index < -0.39 is 15.8 Å². The first-order valence-electron chi connectivity index (χ1n) is 5.60. The van der Waals surface area contributed by atoms with Gasteiger partial charge >= 0.3 is 5.97 Å². The Kier molecular flexibility index (Phi) is 4.31. The van der Waals surface area contributed by atoms with Crippen LogP contribution in [0.15, 0.2) is 39.0 Å². The van der Waals surface area contributed by atoms with Gasteiger partial charge in [-0.1, -0.05) is 22.0 Å². The lowest BCUT2D eigenvalue weighted by Crippen LogP contribution is -2.09. The lowest BCUT2D eigenvalue weighted by Gasteiger charge is -2.10. The first-order chi connectivity index (χ1) is 9.31. The molecule has 0 bridgehead atoms. The number of carbonyl (C=O) groups is 1. The minimum absolute atomic E-state index is 0.0489. The zero-order valence-corrected chi connectivity index (χ0v) is 13.7. The molecule has 7 heteroatoms. The molecule has 0 spiro atoms. The Bertz CT molecular complexity index is 749. The molecule has 0 aliphatic rings. The van der Waals surface area contributed by atoms with Crippen LogP contribution >= 0.6 is 27.3 Å². The summed E-state index contributed by atoms with van der Waals surface area (Å²) in [5, 5.41) is 10.8. The van der Waals surface area contributed by atoms with Gasteiger partial charge in [0.25, 0.3) is 0 Å². The third kappa shape index (κ3) is 3.11. The van der Waals surface area contributed by atoms with E-state index in [2.05, 4.69) is 15.9 Å². The van der Waals surface area contributed by atoms with Crippen LogP contribution in [0.2, 0.25) is 0 Å². The summed E-state index contributed by atoms with van der Waals surface area (Å²) in [5.74, 6) is -1.28. The van der Waals surface area contributed by atoms with E-state index in [9.17, 15) is 13.2 Å². The van der Waals surface area contributed by atoms with Gasteiger partial charge in [-0.2, -0.15) is 0 Å². The molecule has 0 atom stereocenters. The average molecular weight is 375 g/mol. The highest BCUT2D eigenvalue weighted by Gasteiger charge is 2.22. The van der Waals surface area contributed by atoms with E-state index in [1.807, 2.05) is 0 Å². The summed E-state index contributed by atoms with van der Waals surface area (Å²) in [6.07, 6.45) is 0. The number of hydrogen-bond donors (Lipinski definition) is 1. The maximum atomic E-state index is 12.4. The monoisotopic (exact) mass is 374 g/mol. The van der Waals surface area contributed by atoms with Crippen molar-refractivity contribution in [3.63, 3.8) is 0 Å². The van der Waals surface area contributed by atoms with Crippen LogP contribution in [-0.4, -0.2) is 19.5 Å². The first kappa shape index (κ1) is 15.2. The van der Waals surface area contributed by atoms with Crippen molar-refractivity contribution in [3.8, 4) is 0 Å². The highest BCUT2D eigenvalue weighted by atomic mass is 79.9. The van der Waals surface area contributed by atoms with E-state index >= 15 is 0 Å². The number of carboxylic acids is 1. The number of hydrogen-bond acceptors (Lipinski definition) is 4. The molecule has 1 N–H and O–H groups in total. The van der Waals surface area contributed by atoms with E-state index in [0.29, 0.717) is 10.0 Å². The molecule has 2 aromatic rings. The summed E-state index contributed by atoms with van der Waals surface area (Å²) < 4.78 is 25.4. The standard InChI is InChI=1S/C13H11BrO4S2/c1-8-11(14)5-9(13(15)16)6-12(8)20(17,18)7-10-3-2-4-19-10/h2-6H,7H2,1H3,(H,15,16). The van der Waals surface area contributed by atoms with Crippen LogP contribution in [-0.2, 0) is 15.6 Å². The lowest BCUT2D eigenvalue weighted by atomic mass is 10.1. The summed E-state index contributed by atoms with van der Waals surface area (Å²) in [6.45, 7) is 1.65. The van der Waals surface area contributed by atoms with Crippen LogP contribution in [0.4, 0.5) is 0 Å². The van der Waals surface area contributed by atoms with E-state index in [-0.39, 0.29) is 16.2 Å². The van der Waals surface area contributed by atoms with Crippen LogP contribution in [0.25, 0.3) is 0 Å². The Morgan fingerprint density at radius 2 is 2.10 bits per heavy atom. The molecule has 1 heterocycles. The van der Waals surface area contributed by atoms with Crippen LogP contribution < -0.4 is 0 Å². The topological polar surface area (TPSA) is 71.4 Å². The summed E-state index contributed by atoms with van der Waals surface area (Å²) in [4.78, 5) is 11.8. The van der Waals surface area contributed by atoms with E-state index in [1.54, 1.807) is 24.4 Å². The maximum absolute atomic E-state index is 12.4.